The number of nitrogens with zero attached hydrogens (tertiary/aromatic N) is 1. The van der Waals surface area contributed by atoms with Gasteiger partial charge < -0.3 is 4.74 Å². The molecule has 7 heteroatoms. The van der Waals surface area contributed by atoms with Crippen molar-refractivity contribution in [2.75, 3.05) is 6.61 Å². The van der Waals surface area contributed by atoms with Crippen LogP contribution in [0.25, 0.3) is 0 Å². The lowest BCUT2D eigenvalue weighted by Crippen LogP contribution is -2.23. The Kier molecular flexibility index (Phi) is 4.98. The highest BCUT2D eigenvalue weighted by Gasteiger charge is 2.13. The van der Waals surface area contributed by atoms with E-state index in [2.05, 4.69) is 28.8 Å². The molecular weight excluding hydrogens is 290 g/mol. The van der Waals surface area contributed by atoms with Gasteiger partial charge >= 0.3 is 0 Å². The molecule has 0 saturated carbocycles. The summed E-state index contributed by atoms with van der Waals surface area (Å²) >= 11 is 0. The van der Waals surface area contributed by atoms with E-state index in [1.165, 1.54) is 12.1 Å². The van der Waals surface area contributed by atoms with Crippen LogP contribution in [-0.4, -0.2) is 25.2 Å². The van der Waals surface area contributed by atoms with Gasteiger partial charge in [0.25, 0.3) is 0 Å². The normalized spacial score (nSPS) is 11.8. The van der Waals surface area contributed by atoms with Crippen LogP contribution in [0.2, 0.25) is 0 Å². The average Bonchev–Trinajstić information content (AvgIpc) is 2.97. The van der Waals surface area contributed by atoms with Crippen LogP contribution in [0.3, 0.4) is 0 Å². The standard InChI is InChI=1S/C14H19N3O3S/c1-11(2)10-20-13-3-5-14(6-4-13)21(18,19)17-9-12-7-15-16-8-12/h3-8,11,17H,9-10H2,1-2H3,(H,15,16). The van der Waals surface area contributed by atoms with E-state index in [9.17, 15) is 8.42 Å². The lowest BCUT2D eigenvalue weighted by Gasteiger charge is -2.10. The number of ether oxygens (including phenoxy) is 1. The van der Waals surface area contributed by atoms with Gasteiger partial charge in [-0.3, -0.25) is 5.10 Å². The number of hydrogen-bond donors (Lipinski definition) is 2. The Labute approximate surface area is 124 Å². The fourth-order valence-corrected chi connectivity index (χ4v) is 2.63. The topological polar surface area (TPSA) is 84.1 Å². The summed E-state index contributed by atoms with van der Waals surface area (Å²) in [6.45, 7) is 4.91. The highest BCUT2D eigenvalue weighted by atomic mass is 32.2. The number of H-pyrrole nitrogens is 1. The highest BCUT2D eigenvalue weighted by Crippen LogP contribution is 2.16. The molecule has 0 amide bonds. The smallest absolute Gasteiger partial charge is 0.240 e. The number of hydrogen-bond acceptors (Lipinski definition) is 4. The second-order valence-electron chi connectivity index (χ2n) is 5.11. The third-order valence-corrected chi connectivity index (χ3v) is 4.16. The first-order valence-corrected chi connectivity index (χ1v) is 8.16. The lowest BCUT2D eigenvalue weighted by atomic mass is 10.2. The molecule has 0 saturated heterocycles. The average molecular weight is 309 g/mol. The molecular formula is C14H19N3O3S. The van der Waals surface area contributed by atoms with Crippen molar-refractivity contribution in [3.63, 3.8) is 0 Å². The van der Waals surface area contributed by atoms with E-state index < -0.39 is 10.0 Å². The molecule has 0 aliphatic rings. The molecule has 1 aromatic carbocycles. The van der Waals surface area contributed by atoms with Crippen molar-refractivity contribution >= 4 is 10.0 Å². The molecule has 114 valence electrons. The van der Waals surface area contributed by atoms with E-state index in [-0.39, 0.29) is 11.4 Å². The van der Waals surface area contributed by atoms with Gasteiger partial charge in [0.15, 0.2) is 0 Å². The van der Waals surface area contributed by atoms with Crippen LogP contribution in [0.1, 0.15) is 19.4 Å². The largest absolute Gasteiger partial charge is 0.493 e. The number of nitrogens with one attached hydrogen (secondary N) is 2. The van der Waals surface area contributed by atoms with Crippen molar-refractivity contribution < 1.29 is 13.2 Å². The fraction of sp³-hybridized carbons (Fsp3) is 0.357. The van der Waals surface area contributed by atoms with Crippen molar-refractivity contribution in [1.29, 1.82) is 0 Å². The van der Waals surface area contributed by atoms with Gasteiger partial charge in [0.1, 0.15) is 5.75 Å². The Morgan fingerprint density at radius 3 is 2.57 bits per heavy atom. The molecule has 1 aromatic heterocycles. The Balaban J connectivity index is 1.99. The number of aromatic amines is 1. The van der Waals surface area contributed by atoms with E-state index in [0.29, 0.717) is 18.3 Å². The van der Waals surface area contributed by atoms with Crippen LogP contribution in [0.5, 0.6) is 5.75 Å². The van der Waals surface area contributed by atoms with Gasteiger partial charge in [-0.05, 0) is 30.2 Å². The first-order valence-electron chi connectivity index (χ1n) is 6.67. The minimum absolute atomic E-state index is 0.199. The summed E-state index contributed by atoms with van der Waals surface area (Å²) in [5.74, 6) is 1.09. The van der Waals surface area contributed by atoms with Gasteiger partial charge in [0.2, 0.25) is 10.0 Å². The van der Waals surface area contributed by atoms with Crippen molar-refractivity contribution in [2.24, 2.45) is 5.92 Å². The van der Waals surface area contributed by atoms with Crippen molar-refractivity contribution in [1.82, 2.24) is 14.9 Å². The van der Waals surface area contributed by atoms with Crippen molar-refractivity contribution in [3.05, 3.63) is 42.2 Å². The second-order valence-corrected chi connectivity index (χ2v) is 6.87. The summed E-state index contributed by atoms with van der Waals surface area (Å²) in [5.41, 5.74) is 0.774. The third-order valence-electron chi connectivity index (χ3n) is 2.74. The summed E-state index contributed by atoms with van der Waals surface area (Å²) in [7, 11) is -3.53. The number of rotatable bonds is 7. The molecule has 6 nitrogen and oxygen atoms in total. The summed E-state index contributed by atoms with van der Waals surface area (Å²) in [6, 6.07) is 6.39. The molecule has 0 aliphatic carbocycles. The van der Waals surface area contributed by atoms with E-state index in [1.54, 1.807) is 24.5 Å². The fourth-order valence-electron chi connectivity index (χ4n) is 1.61. The molecule has 2 aromatic rings. The summed E-state index contributed by atoms with van der Waals surface area (Å²) < 4.78 is 32.3. The number of benzene rings is 1. The highest BCUT2D eigenvalue weighted by molar-refractivity contribution is 7.89. The van der Waals surface area contributed by atoms with Gasteiger partial charge in [-0.2, -0.15) is 5.10 Å². The SMILES string of the molecule is CC(C)COc1ccc(S(=O)(=O)NCc2cn[nH]c2)cc1. The Morgan fingerprint density at radius 1 is 1.29 bits per heavy atom. The summed E-state index contributed by atoms with van der Waals surface area (Å²) in [4.78, 5) is 0.211. The lowest BCUT2D eigenvalue weighted by molar-refractivity contribution is 0.271. The van der Waals surface area contributed by atoms with Gasteiger partial charge in [-0.1, -0.05) is 13.8 Å². The first kappa shape index (κ1) is 15.5. The molecule has 2 rings (SSSR count). The third kappa shape index (κ3) is 4.57. The molecule has 0 spiro atoms. The minimum atomic E-state index is -3.53. The number of sulfonamides is 1. The van der Waals surface area contributed by atoms with Crippen LogP contribution in [0.15, 0.2) is 41.6 Å². The predicted octanol–water partition coefficient (Wildman–Crippen LogP) is 1.92. The minimum Gasteiger partial charge on any atom is -0.493 e. The van der Waals surface area contributed by atoms with Gasteiger partial charge in [0.05, 0.1) is 17.7 Å². The zero-order valence-electron chi connectivity index (χ0n) is 12.0. The zero-order chi connectivity index (χ0) is 15.3. The predicted molar refractivity (Wildman–Crippen MR) is 79.4 cm³/mol. The molecule has 0 bridgehead atoms. The maximum atomic E-state index is 12.1. The molecule has 0 radical (unpaired) electrons. The first-order chi connectivity index (χ1) is 9.97. The van der Waals surface area contributed by atoms with Crippen LogP contribution in [-0.2, 0) is 16.6 Å². The maximum Gasteiger partial charge on any atom is 0.240 e. The van der Waals surface area contributed by atoms with Gasteiger partial charge in [-0.15, -0.1) is 0 Å². The van der Waals surface area contributed by atoms with Crippen molar-refractivity contribution in [2.45, 2.75) is 25.3 Å². The zero-order valence-corrected chi connectivity index (χ0v) is 12.9. The van der Waals surface area contributed by atoms with Crippen LogP contribution in [0, 0.1) is 5.92 Å². The van der Waals surface area contributed by atoms with Crippen LogP contribution < -0.4 is 9.46 Å². The molecule has 0 aliphatic heterocycles. The number of aromatic nitrogens is 2. The Hall–Kier alpha value is -1.86. The molecule has 2 N–H and O–H groups in total. The Bertz CT molecular complexity index is 649. The summed E-state index contributed by atoms with van der Waals surface area (Å²) in [5, 5.41) is 6.40. The molecule has 0 fully saturated rings. The Morgan fingerprint density at radius 2 is 2.00 bits per heavy atom. The van der Waals surface area contributed by atoms with Gasteiger partial charge in [0, 0.05) is 18.3 Å². The summed E-state index contributed by atoms with van der Waals surface area (Å²) in [6.07, 6.45) is 3.22. The van der Waals surface area contributed by atoms with E-state index in [1.807, 2.05) is 0 Å². The van der Waals surface area contributed by atoms with Gasteiger partial charge in [-0.25, -0.2) is 13.1 Å². The van der Waals surface area contributed by atoms with E-state index >= 15 is 0 Å². The molecule has 1 heterocycles. The second kappa shape index (κ2) is 6.73. The quantitative estimate of drug-likeness (QED) is 0.818. The maximum absolute atomic E-state index is 12.1. The molecule has 0 atom stereocenters. The van der Waals surface area contributed by atoms with Crippen molar-refractivity contribution in [3.8, 4) is 5.75 Å². The molecule has 21 heavy (non-hydrogen) atoms. The molecule has 0 unspecified atom stereocenters. The van der Waals surface area contributed by atoms with Crippen LogP contribution >= 0.6 is 0 Å². The van der Waals surface area contributed by atoms with E-state index in [0.717, 1.165) is 5.56 Å². The van der Waals surface area contributed by atoms with E-state index in [4.69, 9.17) is 4.74 Å². The van der Waals surface area contributed by atoms with Crippen LogP contribution in [0.4, 0.5) is 0 Å². The monoisotopic (exact) mass is 309 g/mol.